The number of carbonyl (C=O) groups excluding carboxylic acids is 1. The summed E-state index contributed by atoms with van der Waals surface area (Å²) in [6, 6.07) is 7.86. The van der Waals surface area contributed by atoms with E-state index in [0.29, 0.717) is 35.6 Å². The van der Waals surface area contributed by atoms with Gasteiger partial charge in [-0.15, -0.1) is 11.3 Å². The van der Waals surface area contributed by atoms with E-state index in [0.717, 1.165) is 22.0 Å². The van der Waals surface area contributed by atoms with Gasteiger partial charge >= 0.3 is 0 Å². The maximum atomic E-state index is 12.4. The lowest BCUT2D eigenvalue weighted by Gasteiger charge is -2.16. The predicted octanol–water partition coefficient (Wildman–Crippen LogP) is 5.10. The summed E-state index contributed by atoms with van der Waals surface area (Å²) in [6.07, 6.45) is 2.04. The lowest BCUT2D eigenvalue weighted by atomic mass is 9.94. The predicted molar refractivity (Wildman–Crippen MR) is 127 cm³/mol. The zero-order valence-electron chi connectivity index (χ0n) is 18.8. The highest BCUT2D eigenvalue weighted by atomic mass is 32.1. The molecule has 9 heteroatoms. The zero-order chi connectivity index (χ0) is 22.9. The molecule has 0 radical (unpaired) electrons. The molecule has 4 aromatic rings. The van der Waals surface area contributed by atoms with E-state index < -0.39 is 0 Å². The first kappa shape index (κ1) is 21.9. The highest BCUT2D eigenvalue weighted by Gasteiger charge is 2.21. The first-order valence-electron chi connectivity index (χ1n) is 10.4. The molecular formula is C23H26N6O2S. The molecule has 1 amide bonds. The molecule has 2 N–H and O–H groups in total. The van der Waals surface area contributed by atoms with Gasteiger partial charge in [0.05, 0.1) is 5.69 Å². The van der Waals surface area contributed by atoms with Crippen molar-refractivity contribution in [1.29, 1.82) is 0 Å². The Kier molecular flexibility index (Phi) is 5.92. The van der Waals surface area contributed by atoms with Crippen LogP contribution in [0.15, 0.2) is 35.0 Å². The van der Waals surface area contributed by atoms with Crippen LogP contribution in [-0.2, 0) is 10.2 Å². The normalized spacial score (nSPS) is 11.7. The van der Waals surface area contributed by atoms with Crippen molar-refractivity contribution in [2.45, 2.75) is 46.5 Å². The van der Waals surface area contributed by atoms with Crippen molar-refractivity contribution in [2.24, 2.45) is 0 Å². The van der Waals surface area contributed by atoms with Crippen molar-refractivity contribution in [3.8, 4) is 11.4 Å². The number of hydrogen-bond acceptors (Lipinski definition) is 8. The fraction of sp³-hybridized carbons (Fsp3) is 0.348. The fourth-order valence-electron chi connectivity index (χ4n) is 3.49. The number of amides is 1. The molecule has 0 atom stereocenters. The Morgan fingerprint density at radius 3 is 2.66 bits per heavy atom. The minimum atomic E-state index is -0.0880. The molecule has 166 valence electrons. The minimum absolute atomic E-state index is 0.00532. The standard InChI is InChI=1S/C23H26N6O2S/c1-13-19(23(3,4)5)32-22(26-13)28-18(30)9-11-25-21-17-12-16(20-27-14(2)31-29-20)7-6-15(17)8-10-24-21/h6-8,10,12H,9,11H2,1-5H3,(H,24,25)(H,26,28,30). The second-order valence-electron chi connectivity index (χ2n) is 8.64. The quantitative estimate of drug-likeness (QED) is 0.421. The van der Waals surface area contributed by atoms with Gasteiger partial charge in [-0.05, 0) is 29.9 Å². The van der Waals surface area contributed by atoms with Crippen LogP contribution < -0.4 is 10.6 Å². The summed E-state index contributed by atoms with van der Waals surface area (Å²) < 4.78 is 5.09. The highest BCUT2D eigenvalue weighted by Crippen LogP contribution is 2.33. The second-order valence-corrected chi connectivity index (χ2v) is 9.64. The molecule has 4 rings (SSSR count). The number of thiazole rings is 1. The van der Waals surface area contributed by atoms with Crippen LogP contribution in [0.1, 0.15) is 43.7 Å². The summed E-state index contributed by atoms with van der Waals surface area (Å²) in [7, 11) is 0. The van der Waals surface area contributed by atoms with Crippen LogP contribution in [0, 0.1) is 13.8 Å². The molecular weight excluding hydrogens is 424 g/mol. The molecule has 0 aliphatic rings. The van der Waals surface area contributed by atoms with Crippen molar-refractivity contribution < 1.29 is 9.32 Å². The van der Waals surface area contributed by atoms with E-state index in [1.807, 2.05) is 31.2 Å². The van der Waals surface area contributed by atoms with Crippen LogP contribution in [0.5, 0.6) is 0 Å². The van der Waals surface area contributed by atoms with Gasteiger partial charge in [-0.1, -0.05) is 38.1 Å². The smallest absolute Gasteiger partial charge is 0.227 e. The first-order chi connectivity index (χ1) is 15.2. The third kappa shape index (κ3) is 4.77. The van der Waals surface area contributed by atoms with E-state index in [4.69, 9.17) is 4.52 Å². The molecule has 1 aromatic carbocycles. The number of anilines is 2. The van der Waals surface area contributed by atoms with Gasteiger partial charge in [-0.3, -0.25) is 4.79 Å². The molecule has 8 nitrogen and oxygen atoms in total. The van der Waals surface area contributed by atoms with Crippen molar-refractivity contribution in [3.05, 3.63) is 46.9 Å². The number of hydrogen-bond donors (Lipinski definition) is 2. The lowest BCUT2D eigenvalue weighted by Crippen LogP contribution is -2.16. The molecule has 32 heavy (non-hydrogen) atoms. The Hall–Kier alpha value is -3.33. The molecule has 3 aromatic heterocycles. The van der Waals surface area contributed by atoms with Gasteiger partial charge in [0.1, 0.15) is 5.82 Å². The summed E-state index contributed by atoms with van der Waals surface area (Å²) >= 11 is 1.53. The summed E-state index contributed by atoms with van der Waals surface area (Å²) in [6.45, 7) is 10.6. The number of nitrogens with one attached hydrogen (secondary N) is 2. The molecule has 0 spiro atoms. The molecule has 0 aliphatic heterocycles. The topological polar surface area (TPSA) is 106 Å². The molecule has 0 aliphatic carbocycles. The Morgan fingerprint density at radius 2 is 1.97 bits per heavy atom. The first-order valence-corrected chi connectivity index (χ1v) is 11.2. The summed E-state index contributed by atoms with van der Waals surface area (Å²) in [5.74, 6) is 1.67. The minimum Gasteiger partial charge on any atom is -0.369 e. The number of fused-ring (bicyclic) bond motifs is 1. The van der Waals surface area contributed by atoms with Gasteiger partial charge in [0.25, 0.3) is 0 Å². The van der Waals surface area contributed by atoms with E-state index >= 15 is 0 Å². The van der Waals surface area contributed by atoms with Crippen molar-refractivity contribution in [2.75, 3.05) is 17.2 Å². The van der Waals surface area contributed by atoms with Gasteiger partial charge < -0.3 is 15.2 Å². The van der Waals surface area contributed by atoms with Crippen LogP contribution >= 0.6 is 11.3 Å². The van der Waals surface area contributed by atoms with Crippen molar-refractivity contribution in [1.82, 2.24) is 20.1 Å². The van der Waals surface area contributed by atoms with Gasteiger partial charge in [-0.25, -0.2) is 9.97 Å². The van der Waals surface area contributed by atoms with Gasteiger partial charge in [0.2, 0.25) is 17.6 Å². The van der Waals surface area contributed by atoms with Crippen molar-refractivity contribution in [3.63, 3.8) is 0 Å². The van der Waals surface area contributed by atoms with Crippen LogP contribution in [-0.4, -0.2) is 32.6 Å². The van der Waals surface area contributed by atoms with Crippen LogP contribution in [0.3, 0.4) is 0 Å². The van der Waals surface area contributed by atoms with Gasteiger partial charge in [0, 0.05) is 41.9 Å². The molecule has 0 saturated carbocycles. The third-order valence-electron chi connectivity index (χ3n) is 4.92. The highest BCUT2D eigenvalue weighted by molar-refractivity contribution is 7.16. The largest absolute Gasteiger partial charge is 0.369 e. The summed E-state index contributed by atoms with van der Waals surface area (Å²) in [4.78, 5) is 26.9. The number of benzene rings is 1. The van der Waals surface area contributed by atoms with E-state index in [1.165, 1.54) is 16.2 Å². The van der Waals surface area contributed by atoms with Crippen LogP contribution in [0.2, 0.25) is 0 Å². The summed E-state index contributed by atoms with van der Waals surface area (Å²) in [5.41, 5.74) is 1.81. The number of aryl methyl sites for hydroxylation is 2. The van der Waals surface area contributed by atoms with Crippen LogP contribution in [0.4, 0.5) is 10.9 Å². The van der Waals surface area contributed by atoms with Gasteiger partial charge in [-0.2, -0.15) is 4.98 Å². The number of pyridine rings is 1. The lowest BCUT2D eigenvalue weighted by molar-refractivity contribution is -0.115. The van der Waals surface area contributed by atoms with Gasteiger partial charge in [0.15, 0.2) is 5.13 Å². The summed E-state index contributed by atoms with van der Waals surface area (Å²) in [5, 5.41) is 12.8. The zero-order valence-corrected chi connectivity index (χ0v) is 19.6. The number of aromatic nitrogens is 4. The van der Waals surface area contributed by atoms with E-state index in [2.05, 4.69) is 51.5 Å². The number of carbonyl (C=O) groups is 1. The van der Waals surface area contributed by atoms with E-state index in [1.54, 1.807) is 13.1 Å². The molecule has 0 bridgehead atoms. The Bertz CT molecular complexity index is 1270. The molecule has 3 heterocycles. The molecule has 0 unspecified atom stereocenters. The van der Waals surface area contributed by atoms with Crippen LogP contribution in [0.25, 0.3) is 22.2 Å². The SMILES string of the molecule is Cc1nc(-c2ccc3ccnc(NCCC(=O)Nc4nc(C)c(C(C)(C)C)s4)c3c2)no1. The van der Waals surface area contributed by atoms with E-state index in [-0.39, 0.29) is 11.3 Å². The average molecular weight is 451 g/mol. The Morgan fingerprint density at radius 1 is 1.16 bits per heavy atom. The average Bonchev–Trinajstić information content (AvgIpc) is 3.33. The number of nitrogens with zero attached hydrogens (tertiary/aromatic N) is 4. The second kappa shape index (κ2) is 8.66. The molecule has 0 saturated heterocycles. The third-order valence-corrected chi connectivity index (χ3v) is 6.42. The Balaban J connectivity index is 1.42. The monoisotopic (exact) mass is 450 g/mol. The maximum absolute atomic E-state index is 12.4. The fourth-order valence-corrected chi connectivity index (χ4v) is 4.53. The van der Waals surface area contributed by atoms with Crippen molar-refractivity contribution >= 4 is 39.0 Å². The number of rotatable bonds is 6. The Labute approximate surface area is 190 Å². The van der Waals surface area contributed by atoms with E-state index in [9.17, 15) is 4.79 Å². The maximum Gasteiger partial charge on any atom is 0.227 e. The molecule has 0 fully saturated rings.